The number of likely N-dealkylation sites (tertiary alicyclic amines) is 1. The number of dihydropyridines is 1. The van der Waals surface area contributed by atoms with Gasteiger partial charge in [0.25, 0.3) is 17.8 Å². The molecular formula is C22H32ClN17O3. The molecule has 1 saturated heterocycles. The molecule has 43 heavy (non-hydrogen) atoms. The van der Waals surface area contributed by atoms with Gasteiger partial charge in [0.15, 0.2) is 17.0 Å². The number of carbonyl (C=O) groups is 3. The number of aliphatic imine (C=N–C) groups is 2. The van der Waals surface area contributed by atoms with Crippen molar-refractivity contribution < 1.29 is 14.4 Å². The number of azo groups is 1. The van der Waals surface area contributed by atoms with Crippen molar-refractivity contribution in [1.82, 2.24) is 31.2 Å². The van der Waals surface area contributed by atoms with Crippen LogP contribution in [0.15, 0.2) is 75.4 Å². The van der Waals surface area contributed by atoms with Gasteiger partial charge in [-0.2, -0.15) is 10.1 Å². The molecule has 4 amide bonds. The lowest BCUT2D eigenvalue weighted by Crippen LogP contribution is -2.64. The molecule has 21 heteroatoms. The van der Waals surface area contributed by atoms with Crippen LogP contribution >= 0.6 is 11.6 Å². The molecular weight excluding hydrogens is 586 g/mol. The number of amides is 4. The molecule has 0 bridgehead atoms. The van der Waals surface area contributed by atoms with Crippen LogP contribution in [-0.2, 0) is 9.59 Å². The summed E-state index contributed by atoms with van der Waals surface area (Å²) in [6.07, 6.45) is 4.21. The van der Waals surface area contributed by atoms with Gasteiger partial charge in [0, 0.05) is 31.2 Å². The summed E-state index contributed by atoms with van der Waals surface area (Å²) in [5.41, 5.74) is -0.181. The number of rotatable bonds is 5. The summed E-state index contributed by atoms with van der Waals surface area (Å²) in [6.45, 7) is 4.97. The molecule has 0 saturated carbocycles. The summed E-state index contributed by atoms with van der Waals surface area (Å²) >= 11 is 6.10. The molecule has 1 fully saturated rings. The summed E-state index contributed by atoms with van der Waals surface area (Å²) in [6, 6.07) is -1.63. The molecule has 4 aliphatic rings. The molecule has 10 N–H and O–H groups in total. The Balaban J connectivity index is 1.40. The van der Waals surface area contributed by atoms with Crippen LogP contribution in [0.2, 0.25) is 0 Å². The van der Waals surface area contributed by atoms with Gasteiger partial charge in [-0.05, 0) is 38.8 Å². The van der Waals surface area contributed by atoms with E-state index in [1.165, 1.54) is 5.01 Å². The first kappa shape index (κ1) is 31.0. The van der Waals surface area contributed by atoms with Gasteiger partial charge in [-0.15, -0.1) is 15.3 Å². The second-order valence-electron chi connectivity index (χ2n) is 10.0. The number of nitrogens with zero attached hydrogens (tertiary/aromatic N) is 10. The van der Waals surface area contributed by atoms with E-state index < -0.39 is 17.5 Å². The Kier molecular flexibility index (Phi) is 9.60. The minimum atomic E-state index is -1.28. The number of allylic oxidation sites excluding steroid dienone is 2. The average molecular weight is 618 g/mol. The number of nitrogens with one attached hydrogen (secondary N) is 4. The van der Waals surface area contributed by atoms with Crippen molar-refractivity contribution in [2.75, 3.05) is 26.2 Å². The summed E-state index contributed by atoms with van der Waals surface area (Å²) in [4.78, 5) is 48.0. The Morgan fingerprint density at radius 1 is 1.16 bits per heavy atom. The normalized spacial score (nSPS) is 22.9. The number of halogens is 1. The van der Waals surface area contributed by atoms with E-state index in [2.05, 4.69) is 62.2 Å². The van der Waals surface area contributed by atoms with Gasteiger partial charge in [0.2, 0.25) is 5.82 Å². The smallest absolute Gasteiger partial charge is 0.320 e. The lowest BCUT2D eigenvalue weighted by atomic mass is 9.86. The maximum Gasteiger partial charge on any atom is 0.320 e. The van der Waals surface area contributed by atoms with Crippen molar-refractivity contribution in [3.8, 4) is 0 Å². The van der Waals surface area contributed by atoms with E-state index in [1.54, 1.807) is 17.1 Å². The molecule has 4 heterocycles. The van der Waals surface area contributed by atoms with Crippen molar-refractivity contribution >= 4 is 41.2 Å². The van der Waals surface area contributed by atoms with E-state index in [9.17, 15) is 14.4 Å². The zero-order chi connectivity index (χ0) is 31.1. The topological polar surface area (TPSA) is 283 Å². The molecule has 0 aromatic carbocycles. The molecule has 4 aliphatic heterocycles. The fourth-order valence-corrected chi connectivity index (χ4v) is 4.78. The summed E-state index contributed by atoms with van der Waals surface area (Å²) < 4.78 is 0. The van der Waals surface area contributed by atoms with Crippen LogP contribution in [0.1, 0.15) is 26.7 Å². The minimum absolute atomic E-state index is 0.0118. The minimum Gasteiger partial charge on any atom is -0.367 e. The van der Waals surface area contributed by atoms with Crippen LogP contribution < -0.4 is 38.8 Å². The Morgan fingerprint density at radius 2 is 1.88 bits per heavy atom. The molecule has 0 aromatic heterocycles. The highest BCUT2D eigenvalue weighted by Gasteiger charge is 2.44. The van der Waals surface area contributed by atoms with E-state index >= 15 is 0 Å². The lowest BCUT2D eigenvalue weighted by molar-refractivity contribution is -0.129. The Morgan fingerprint density at radius 3 is 2.51 bits per heavy atom. The Bertz CT molecular complexity index is 1390. The standard InChI is InChI=1S/C22H32ClN17O3/c1-11(2)29-21(43)30-13-4-3-12(9-27-13)19(42)39-7-5-22(6-8-39)10-28-36-20(40(22)26)33-18(41)14-16(34-37-24)32-17(35-38-25)15(23)31-14/h3-4,11,14,27,31H,5-10,26H2,1-2H3,(H2,25,35)(H2,24,32,34)(H2,29,30,43). The molecule has 20 nitrogen and oxygen atoms in total. The monoisotopic (exact) mass is 617 g/mol. The predicted octanol–water partition coefficient (Wildman–Crippen LogP) is -0.662. The van der Waals surface area contributed by atoms with Gasteiger partial charge in [-0.1, -0.05) is 22.0 Å². The zero-order valence-corrected chi connectivity index (χ0v) is 24.1. The molecule has 0 aromatic rings. The maximum absolute atomic E-state index is 13.2. The second-order valence-corrected chi connectivity index (χ2v) is 10.4. The van der Waals surface area contributed by atoms with Crippen molar-refractivity contribution in [2.45, 2.75) is 44.3 Å². The first-order valence-corrected chi connectivity index (χ1v) is 13.5. The van der Waals surface area contributed by atoms with Crippen LogP contribution in [-0.4, -0.2) is 83.4 Å². The molecule has 0 radical (unpaired) electrons. The van der Waals surface area contributed by atoms with Crippen LogP contribution in [0.5, 0.6) is 0 Å². The van der Waals surface area contributed by atoms with Crippen LogP contribution in [0, 0.1) is 0 Å². The summed E-state index contributed by atoms with van der Waals surface area (Å²) in [5, 5.41) is 33.9. The summed E-state index contributed by atoms with van der Waals surface area (Å²) in [5.74, 6) is 15.7. The van der Waals surface area contributed by atoms with Gasteiger partial charge >= 0.3 is 6.03 Å². The molecule has 0 aliphatic carbocycles. The number of urea groups is 1. The Labute approximate surface area is 250 Å². The van der Waals surface area contributed by atoms with Gasteiger partial charge in [-0.3, -0.25) is 19.9 Å². The second kappa shape index (κ2) is 13.3. The van der Waals surface area contributed by atoms with Gasteiger partial charge in [0.1, 0.15) is 5.82 Å². The number of hydrogen-bond donors (Lipinski definition) is 7. The lowest BCUT2D eigenvalue weighted by Gasteiger charge is -2.47. The number of nitrogens with two attached hydrogens (primary N) is 3. The van der Waals surface area contributed by atoms with Gasteiger partial charge in [-0.25, -0.2) is 15.6 Å². The quantitative estimate of drug-likeness (QED) is 0.0890. The highest BCUT2D eigenvalue weighted by molar-refractivity contribution is 6.30. The van der Waals surface area contributed by atoms with E-state index in [-0.39, 0.29) is 53.8 Å². The van der Waals surface area contributed by atoms with E-state index in [0.29, 0.717) is 37.3 Å². The number of amidine groups is 1. The van der Waals surface area contributed by atoms with Gasteiger partial charge < -0.3 is 32.5 Å². The highest BCUT2D eigenvalue weighted by atomic mass is 35.5. The first-order valence-electron chi connectivity index (χ1n) is 13.1. The number of guanidine groups is 1. The Hall–Kier alpha value is -4.98. The van der Waals surface area contributed by atoms with E-state index in [0.717, 1.165) is 0 Å². The molecule has 230 valence electrons. The van der Waals surface area contributed by atoms with Crippen LogP contribution in [0.25, 0.3) is 0 Å². The fourth-order valence-electron chi connectivity index (χ4n) is 4.59. The summed E-state index contributed by atoms with van der Waals surface area (Å²) in [7, 11) is 0. The van der Waals surface area contributed by atoms with Crippen LogP contribution in [0.4, 0.5) is 4.79 Å². The fraction of sp³-hybridized carbons (Fsp3) is 0.500. The third-order valence-corrected chi connectivity index (χ3v) is 7.09. The average Bonchev–Trinajstić information content (AvgIpc) is 2.97. The number of hydrazine groups is 1. The zero-order valence-electron chi connectivity index (χ0n) is 23.4. The van der Waals surface area contributed by atoms with E-state index in [1.807, 2.05) is 13.8 Å². The van der Waals surface area contributed by atoms with Gasteiger partial charge in [0.05, 0.1) is 12.1 Å². The molecule has 4 rings (SSSR count). The molecule has 1 spiro atoms. The maximum atomic E-state index is 13.2. The van der Waals surface area contributed by atoms with Crippen molar-refractivity contribution in [1.29, 1.82) is 0 Å². The van der Waals surface area contributed by atoms with Crippen molar-refractivity contribution in [3.05, 3.63) is 34.5 Å². The number of hydrogen-bond acceptors (Lipinski definition) is 12. The largest absolute Gasteiger partial charge is 0.367 e. The SMILES string of the molecule is CC(C)NC(=O)NC1=CC=C(C(=O)N2CCC3(CC2)CN=NC(=NC(=O)C2NC(Cl)=C(N=NN)N=C2N=NN)N3N)CN1. The predicted molar refractivity (Wildman–Crippen MR) is 153 cm³/mol. The number of piperidine rings is 1. The molecule has 1 atom stereocenters. The molecule has 1 unspecified atom stereocenters. The third-order valence-electron chi connectivity index (χ3n) is 6.81. The highest BCUT2D eigenvalue weighted by Crippen LogP contribution is 2.31. The van der Waals surface area contributed by atoms with Crippen molar-refractivity contribution in [2.24, 2.45) is 58.4 Å². The van der Waals surface area contributed by atoms with E-state index in [4.69, 9.17) is 29.1 Å². The van der Waals surface area contributed by atoms with Crippen molar-refractivity contribution in [3.63, 3.8) is 0 Å². The first-order chi connectivity index (χ1) is 20.6. The third kappa shape index (κ3) is 7.09. The van der Waals surface area contributed by atoms with Crippen LogP contribution in [0.3, 0.4) is 0 Å². The number of carbonyl (C=O) groups excluding carboxylic acids is 3.